The average Bonchev–Trinajstić information content (AvgIpc) is 2.47. The summed E-state index contributed by atoms with van der Waals surface area (Å²) in [6.45, 7) is -0.326. The predicted molar refractivity (Wildman–Crippen MR) is 76.9 cm³/mol. The van der Waals surface area contributed by atoms with Gasteiger partial charge >= 0.3 is 0 Å². The lowest BCUT2D eigenvalue weighted by Gasteiger charge is -2.08. The van der Waals surface area contributed by atoms with Gasteiger partial charge in [-0.05, 0) is 46.3 Å². The van der Waals surface area contributed by atoms with Crippen molar-refractivity contribution in [3.63, 3.8) is 0 Å². The van der Waals surface area contributed by atoms with E-state index in [0.29, 0.717) is 4.47 Å². The van der Waals surface area contributed by atoms with Gasteiger partial charge in [-0.2, -0.15) is 0 Å². The number of hydrogen-bond acceptors (Lipinski definition) is 3. The lowest BCUT2D eigenvalue weighted by Crippen LogP contribution is -2.12. The number of ether oxygens (including phenoxy) is 2. The second-order valence-electron chi connectivity index (χ2n) is 4.14. The van der Waals surface area contributed by atoms with E-state index in [2.05, 4.69) is 15.9 Å². The smallest absolute Gasteiger partial charge is 0.200 e. The van der Waals surface area contributed by atoms with Gasteiger partial charge in [0.25, 0.3) is 0 Å². The van der Waals surface area contributed by atoms with Crippen LogP contribution in [0.3, 0.4) is 0 Å². The van der Waals surface area contributed by atoms with Crippen molar-refractivity contribution < 1.29 is 23.0 Å². The minimum atomic E-state index is -0.629. The molecule has 0 fully saturated rings. The van der Waals surface area contributed by atoms with E-state index < -0.39 is 17.4 Å². The van der Waals surface area contributed by atoms with Crippen LogP contribution < -0.4 is 9.47 Å². The van der Waals surface area contributed by atoms with Crippen molar-refractivity contribution >= 4 is 21.7 Å². The lowest BCUT2D eigenvalue weighted by atomic mass is 10.1. The van der Waals surface area contributed by atoms with Crippen LogP contribution in [-0.4, -0.2) is 19.5 Å². The molecule has 0 aliphatic heterocycles. The molecule has 0 heterocycles. The van der Waals surface area contributed by atoms with Crippen molar-refractivity contribution in [1.29, 1.82) is 0 Å². The molecule has 0 amide bonds. The molecule has 0 spiro atoms. The summed E-state index contributed by atoms with van der Waals surface area (Å²) in [5, 5.41) is 0. The summed E-state index contributed by atoms with van der Waals surface area (Å²) in [5.74, 6) is -1.27. The van der Waals surface area contributed by atoms with Crippen LogP contribution in [0.4, 0.5) is 8.78 Å². The number of rotatable bonds is 5. The van der Waals surface area contributed by atoms with E-state index in [9.17, 15) is 13.6 Å². The van der Waals surface area contributed by atoms with Crippen molar-refractivity contribution in [1.82, 2.24) is 0 Å². The average molecular weight is 357 g/mol. The van der Waals surface area contributed by atoms with E-state index in [1.54, 1.807) is 0 Å². The Morgan fingerprint density at radius 2 is 1.90 bits per heavy atom. The van der Waals surface area contributed by atoms with Crippen molar-refractivity contribution in [2.75, 3.05) is 13.7 Å². The minimum absolute atomic E-state index is 0.0559. The number of methoxy groups -OCH3 is 1. The summed E-state index contributed by atoms with van der Waals surface area (Å²) in [6.07, 6.45) is 0. The van der Waals surface area contributed by atoms with E-state index in [0.717, 1.165) is 12.1 Å². The number of ketones is 1. The number of carbonyl (C=O) groups excluding carboxylic acids is 1. The highest BCUT2D eigenvalue weighted by atomic mass is 79.9. The molecule has 6 heteroatoms. The molecule has 0 aliphatic carbocycles. The van der Waals surface area contributed by atoms with E-state index >= 15 is 0 Å². The molecule has 0 unspecified atom stereocenters. The van der Waals surface area contributed by atoms with Crippen LogP contribution in [0.15, 0.2) is 40.9 Å². The molecule has 0 aliphatic rings. The molecule has 0 saturated carbocycles. The van der Waals surface area contributed by atoms with Gasteiger partial charge in [0.2, 0.25) is 0 Å². The Hall–Kier alpha value is -1.95. The Morgan fingerprint density at radius 1 is 1.14 bits per heavy atom. The number of carbonyl (C=O) groups is 1. The predicted octanol–water partition coefficient (Wildman–Crippen LogP) is 4.00. The molecule has 2 aromatic rings. The third-order valence-corrected chi connectivity index (χ3v) is 3.38. The Balaban J connectivity index is 2.08. The largest absolute Gasteiger partial charge is 0.494 e. The fraction of sp³-hybridized carbons (Fsp3) is 0.133. The first kappa shape index (κ1) is 15.4. The summed E-state index contributed by atoms with van der Waals surface area (Å²) >= 11 is 3.19. The van der Waals surface area contributed by atoms with Gasteiger partial charge < -0.3 is 9.47 Å². The summed E-state index contributed by atoms with van der Waals surface area (Å²) in [6, 6.07) is 7.77. The fourth-order valence-electron chi connectivity index (χ4n) is 1.65. The molecule has 0 aromatic heterocycles. The summed E-state index contributed by atoms with van der Waals surface area (Å²) < 4.78 is 37.1. The molecule has 110 valence electrons. The molecule has 0 saturated heterocycles. The maximum Gasteiger partial charge on any atom is 0.200 e. The molecular weight excluding hydrogens is 346 g/mol. The second-order valence-corrected chi connectivity index (χ2v) is 4.99. The highest BCUT2D eigenvalue weighted by Crippen LogP contribution is 2.26. The van der Waals surface area contributed by atoms with Crippen LogP contribution in [-0.2, 0) is 0 Å². The molecule has 0 bridgehead atoms. The zero-order valence-electron chi connectivity index (χ0n) is 11.0. The maximum atomic E-state index is 13.5. The maximum absolute atomic E-state index is 13.5. The molecule has 0 N–H and O–H groups in total. The van der Waals surface area contributed by atoms with Crippen molar-refractivity contribution in [3.8, 4) is 11.5 Å². The zero-order chi connectivity index (χ0) is 15.4. The molecule has 2 rings (SSSR count). The van der Waals surface area contributed by atoms with E-state index in [1.807, 2.05) is 0 Å². The minimum Gasteiger partial charge on any atom is -0.494 e. The highest BCUT2D eigenvalue weighted by Gasteiger charge is 2.12. The Kier molecular flexibility index (Phi) is 4.90. The van der Waals surface area contributed by atoms with Crippen LogP contribution >= 0.6 is 15.9 Å². The van der Waals surface area contributed by atoms with Gasteiger partial charge in [0.1, 0.15) is 11.6 Å². The van der Waals surface area contributed by atoms with Crippen molar-refractivity contribution in [2.45, 2.75) is 0 Å². The number of Topliss-reactive ketones (excluding diaryl/α,β-unsaturated/α-hetero) is 1. The monoisotopic (exact) mass is 356 g/mol. The quantitative estimate of drug-likeness (QED) is 0.759. The highest BCUT2D eigenvalue weighted by molar-refractivity contribution is 9.10. The lowest BCUT2D eigenvalue weighted by molar-refractivity contribution is 0.0920. The van der Waals surface area contributed by atoms with E-state index in [-0.39, 0.29) is 23.7 Å². The molecule has 0 radical (unpaired) electrons. The fourth-order valence-corrected chi connectivity index (χ4v) is 2.02. The van der Waals surface area contributed by atoms with Gasteiger partial charge in [0.15, 0.2) is 24.0 Å². The molecule has 3 nitrogen and oxygen atoms in total. The molecule has 0 atom stereocenters. The van der Waals surface area contributed by atoms with Crippen LogP contribution in [0, 0.1) is 11.6 Å². The van der Waals surface area contributed by atoms with Gasteiger partial charge in [-0.3, -0.25) is 4.79 Å². The molecule has 21 heavy (non-hydrogen) atoms. The zero-order valence-corrected chi connectivity index (χ0v) is 12.6. The van der Waals surface area contributed by atoms with Crippen LogP contribution in [0.5, 0.6) is 11.5 Å². The second kappa shape index (κ2) is 6.67. The number of halogens is 3. The van der Waals surface area contributed by atoms with Crippen LogP contribution in [0.2, 0.25) is 0 Å². The molecular formula is C15H11BrF2O3. The van der Waals surface area contributed by atoms with Gasteiger partial charge in [-0.1, -0.05) is 0 Å². The summed E-state index contributed by atoms with van der Waals surface area (Å²) in [7, 11) is 1.34. The van der Waals surface area contributed by atoms with E-state index in [1.165, 1.54) is 31.4 Å². The molecule has 2 aromatic carbocycles. The van der Waals surface area contributed by atoms with Crippen molar-refractivity contribution in [3.05, 3.63) is 58.1 Å². The normalized spacial score (nSPS) is 10.3. The first-order valence-corrected chi connectivity index (χ1v) is 6.75. The number of hydrogen-bond donors (Lipinski definition) is 0. The third kappa shape index (κ3) is 3.78. The van der Waals surface area contributed by atoms with Gasteiger partial charge in [-0.15, -0.1) is 0 Å². The first-order chi connectivity index (χ1) is 10.0. The van der Waals surface area contributed by atoms with Crippen LogP contribution in [0.1, 0.15) is 10.4 Å². The standard InChI is InChI=1S/C15H11BrF2O3/c1-20-14-5-2-9(6-12(14)18)13(19)8-21-15-7-10(17)3-4-11(15)16/h2-7H,8H2,1H3. The first-order valence-electron chi connectivity index (χ1n) is 5.96. The van der Waals surface area contributed by atoms with Gasteiger partial charge in [0.05, 0.1) is 11.6 Å². The van der Waals surface area contributed by atoms with Crippen LogP contribution in [0.25, 0.3) is 0 Å². The third-order valence-electron chi connectivity index (χ3n) is 2.73. The number of benzene rings is 2. The van der Waals surface area contributed by atoms with E-state index in [4.69, 9.17) is 9.47 Å². The summed E-state index contributed by atoms with van der Waals surface area (Å²) in [4.78, 5) is 11.9. The topological polar surface area (TPSA) is 35.5 Å². The Labute approximate surface area is 128 Å². The Morgan fingerprint density at radius 3 is 2.57 bits per heavy atom. The SMILES string of the molecule is COc1ccc(C(=O)COc2cc(F)ccc2Br)cc1F. The van der Waals surface area contributed by atoms with Crippen molar-refractivity contribution in [2.24, 2.45) is 0 Å². The van der Waals surface area contributed by atoms with Gasteiger partial charge in [0, 0.05) is 11.6 Å². The summed E-state index contributed by atoms with van der Waals surface area (Å²) in [5.41, 5.74) is 0.154. The Bertz CT molecular complexity index is 674. The van der Waals surface area contributed by atoms with Gasteiger partial charge in [-0.25, -0.2) is 8.78 Å².